The number of rotatable bonds is 3. The molecule has 1 aliphatic heterocycles. The van der Waals surface area contributed by atoms with Gasteiger partial charge < -0.3 is 5.73 Å². The van der Waals surface area contributed by atoms with Crippen molar-refractivity contribution in [3.63, 3.8) is 0 Å². The number of hydrogen-bond donors (Lipinski definition) is 1. The normalized spacial score (nSPS) is 30.5. The molecule has 4 nitrogen and oxygen atoms in total. The Labute approximate surface area is 86.5 Å². The molecule has 5 heteroatoms. The van der Waals surface area contributed by atoms with E-state index in [1.54, 1.807) is 4.31 Å². The van der Waals surface area contributed by atoms with Gasteiger partial charge in [0.05, 0.1) is 5.75 Å². The molecular formula is C9H20N2O2S. The van der Waals surface area contributed by atoms with E-state index in [1.165, 1.54) is 0 Å². The first-order valence-electron chi connectivity index (χ1n) is 5.22. The highest BCUT2D eigenvalue weighted by molar-refractivity contribution is 7.89. The summed E-state index contributed by atoms with van der Waals surface area (Å²) in [7, 11) is -3.03. The molecule has 0 saturated carbocycles. The molecule has 0 radical (unpaired) electrons. The molecule has 1 aliphatic rings. The second kappa shape index (κ2) is 4.59. The van der Waals surface area contributed by atoms with E-state index in [2.05, 4.69) is 0 Å². The molecule has 2 atom stereocenters. The average molecular weight is 220 g/mol. The van der Waals surface area contributed by atoms with E-state index >= 15 is 0 Å². The van der Waals surface area contributed by atoms with Gasteiger partial charge >= 0.3 is 0 Å². The molecule has 0 aliphatic carbocycles. The lowest BCUT2D eigenvalue weighted by Gasteiger charge is -2.35. The van der Waals surface area contributed by atoms with Gasteiger partial charge in [-0.3, -0.25) is 0 Å². The van der Waals surface area contributed by atoms with Gasteiger partial charge in [-0.25, -0.2) is 8.42 Å². The van der Waals surface area contributed by atoms with Crippen molar-refractivity contribution < 1.29 is 8.42 Å². The van der Waals surface area contributed by atoms with E-state index in [1.807, 2.05) is 13.8 Å². The average Bonchev–Trinajstić information content (AvgIpc) is 2.02. The van der Waals surface area contributed by atoms with Crippen LogP contribution in [0.3, 0.4) is 0 Å². The quantitative estimate of drug-likeness (QED) is 0.755. The van der Waals surface area contributed by atoms with Gasteiger partial charge in [0, 0.05) is 18.6 Å². The predicted molar refractivity (Wildman–Crippen MR) is 57.5 cm³/mol. The Morgan fingerprint density at radius 1 is 1.50 bits per heavy atom. The molecule has 2 N–H and O–H groups in total. The molecule has 1 rings (SSSR count). The number of piperidine rings is 1. The van der Waals surface area contributed by atoms with E-state index in [0.717, 1.165) is 12.8 Å². The maximum Gasteiger partial charge on any atom is 0.214 e. The van der Waals surface area contributed by atoms with E-state index in [9.17, 15) is 8.42 Å². The molecule has 1 heterocycles. The molecule has 0 spiro atoms. The number of sulfonamides is 1. The van der Waals surface area contributed by atoms with Crippen LogP contribution in [0, 0.1) is 0 Å². The van der Waals surface area contributed by atoms with Crippen molar-refractivity contribution in [2.75, 3.05) is 12.3 Å². The smallest absolute Gasteiger partial charge is 0.214 e. The monoisotopic (exact) mass is 220 g/mol. The van der Waals surface area contributed by atoms with Crippen LogP contribution in [0.4, 0.5) is 0 Å². The van der Waals surface area contributed by atoms with Crippen LogP contribution in [0.5, 0.6) is 0 Å². The third kappa shape index (κ3) is 2.68. The highest BCUT2D eigenvalue weighted by Crippen LogP contribution is 2.19. The summed E-state index contributed by atoms with van der Waals surface area (Å²) in [5, 5.41) is 0. The van der Waals surface area contributed by atoms with Crippen molar-refractivity contribution in [3.05, 3.63) is 0 Å². The summed E-state index contributed by atoms with van der Waals surface area (Å²) in [5.74, 6) is 0.257. The predicted octanol–water partition coefficient (Wildman–Crippen LogP) is 0.538. The van der Waals surface area contributed by atoms with Gasteiger partial charge in [0.1, 0.15) is 0 Å². The standard InChI is InChI=1S/C9H20N2O2S/c1-3-6-14(12,13)11-5-4-9(10)7-8(11)2/h8-9H,3-7,10H2,1-2H3. The summed E-state index contributed by atoms with van der Waals surface area (Å²) in [6.07, 6.45) is 2.24. The van der Waals surface area contributed by atoms with Crippen LogP contribution in [-0.4, -0.2) is 37.1 Å². The summed E-state index contributed by atoms with van der Waals surface area (Å²) in [6, 6.07) is 0.230. The highest BCUT2D eigenvalue weighted by atomic mass is 32.2. The Hall–Kier alpha value is -0.130. The van der Waals surface area contributed by atoms with Gasteiger partial charge in [-0.1, -0.05) is 6.92 Å². The maximum atomic E-state index is 11.8. The maximum absolute atomic E-state index is 11.8. The second-order valence-corrected chi connectivity index (χ2v) is 6.10. The second-order valence-electron chi connectivity index (χ2n) is 4.06. The van der Waals surface area contributed by atoms with Crippen LogP contribution in [-0.2, 0) is 10.0 Å². The van der Waals surface area contributed by atoms with E-state index in [-0.39, 0.29) is 17.8 Å². The summed E-state index contributed by atoms with van der Waals surface area (Å²) in [5.41, 5.74) is 5.78. The first-order chi connectivity index (χ1) is 6.47. The van der Waals surface area contributed by atoms with Crippen LogP contribution in [0.15, 0.2) is 0 Å². The van der Waals surface area contributed by atoms with Crippen LogP contribution in [0.25, 0.3) is 0 Å². The van der Waals surface area contributed by atoms with Crippen molar-refractivity contribution in [1.82, 2.24) is 4.31 Å². The topological polar surface area (TPSA) is 63.4 Å². The Kier molecular flexibility index (Phi) is 3.92. The van der Waals surface area contributed by atoms with Crippen molar-refractivity contribution in [2.24, 2.45) is 5.73 Å². The minimum absolute atomic E-state index is 0.0651. The zero-order valence-electron chi connectivity index (χ0n) is 8.94. The molecule has 1 saturated heterocycles. The molecule has 0 bridgehead atoms. The fourth-order valence-electron chi connectivity index (χ4n) is 1.98. The van der Waals surface area contributed by atoms with Gasteiger partial charge in [-0.05, 0) is 26.2 Å². The van der Waals surface area contributed by atoms with Crippen molar-refractivity contribution >= 4 is 10.0 Å². The number of nitrogens with two attached hydrogens (primary N) is 1. The Bertz CT molecular complexity index is 277. The molecule has 84 valence electrons. The summed E-state index contributed by atoms with van der Waals surface area (Å²) >= 11 is 0. The van der Waals surface area contributed by atoms with E-state index in [4.69, 9.17) is 5.73 Å². The Morgan fingerprint density at radius 3 is 2.64 bits per heavy atom. The molecule has 0 amide bonds. The molecule has 0 aromatic rings. The molecule has 14 heavy (non-hydrogen) atoms. The highest BCUT2D eigenvalue weighted by Gasteiger charge is 2.31. The minimum atomic E-state index is -3.03. The molecule has 0 aromatic carbocycles. The molecular weight excluding hydrogens is 200 g/mol. The van der Waals surface area contributed by atoms with E-state index in [0.29, 0.717) is 13.0 Å². The zero-order valence-corrected chi connectivity index (χ0v) is 9.76. The minimum Gasteiger partial charge on any atom is -0.328 e. The lowest BCUT2D eigenvalue weighted by molar-refractivity contribution is 0.247. The van der Waals surface area contributed by atoms with Crippen molar-refractivity contribution in [2.45, 2.75) is 45.2 Å². The lowest BCUT2D eigenvalue weighted by atomic mass is 10.0. The van der Waals surface area contributed by atoms with Gasteiger partial charge in [-0.2, -0.15) is 4.31 Å². The first kappa shape index (κ1) is 11.9. The van der Waals surface area contributed by atoms with Crippen LogP contribution in [0.2, 0.25) is 0 Å². The summed E-state index contributed by atoms with van der Waals surface area (Å²) < 4.78 is 25.2. The van der Waals surface area contributed by atoms with Gasteiger partial charge in [0.25, 0.3) is 0 Å². The van der Waals surface area contributed by atoms with Crippen molar-refractivity contribution in [1.29, 1.82) is 0 Å². The van der Waals surface area contributed by atoms with Gasteiger partial charge in [0.15, 0.2) is 0 Å². The molecule has 0 aromatic heterocycles. The van der Waals surface area contributed by atoms with Crippen LogP contribution >= 0.6 is 0 Å². The largest absolute Gasteiger partial charge is 0.328 e. The zero-order chi connectivity index (χ0) is 10.8. The Balaban J connectivity index is 2.69. The fraction of sp³-hybridized carbons (Fsp3) is 1.00. The van der Waals surface area contributed by atoms with Crippen molar-refractivity contribution in [3.8, 4) is 0 Å². The number of hydrogen-bond acceptors (Lipinski definition) is 3. The van der Waals surface area contributed by atoms with Gasteiger partial charge in [0.2, 0.25) is 10.0 Å². The third-order valence-electron chi connectivity index (χ3n) is 2.68. The third-order valence-corrected chi connectivity index (χ3v) is 4.86. The Morgan fingerprint density at radius 2 is 2.14 bits per heavy atom. The van der Waals surface area contributed by atoms with E-state index < -0.39 is 10.0 Å². The van der Waals surface area contributed by atoms with Crippen LogP contribution < -0.4 is 5.73 Å². The fourth-order valence-corrected chi connectivity index (χ4v) is 3.74. The first-order valence-corrected chi connectivity index (χ1v) is 6.83. The SMILES string of the molecule is CCCS(=O)(=O)N1CCC(N)CC1C. The lowest BCUT2D eigenvalue weighted by Crippen LogP contribution is -2.48. The molecule has 1 fully saturated rings. The summed E-state index contributed by atoms with van der Waals surface area (Å²) in [6.45, 7) is 4.41. The summed E-state index contributed by atoms with van der Waals surface area (Å²) in [4.78, 5) is 0. The van der Waals surface area contributed by atoms with Gasteiger partial charge in [-0.15, -0.1) is 0 Å². The molecule has 2 unspecified atom stereocenters. The van der Waals surface area contributed by atoms with Crippen LogP contribution in [0.1, 0.15) is 33.1 Å². The number of nitrogens with zero attached hydrogens (tertiary/aromatic N) is 1.